The summed E-state index contributed by atoms with van der Waals surface area (Å²) in [5, 5.41) is 8.55. The number of alkyl halides is 3. The minimum absolute atomic E-state index is 0.0263. The normalized spacial score (nSPS) is 11.1. The lowest BCUT2D eigenvalue weighted by Gasteiger charge is -2.14. The van der Waals surface area contributed by atoms with E-state index in [1.54, 1.807) is 0 Å². The number of nitriles is 1. The van der Waals surface area contributed by atoms with Gasteiger partial charge in [-0.2, -0.15) is 18.4 Å². The zero-order chi connectivity index (χ0) is 22.9. The second-order valence-electron chi connectivity index (χ2n) is 6.14. The second-order valence-corrected chi connectivity index (χ2v) is 6.96. The van der Waals surface area contributed by atoms with Crippen LogP contribution in [0.4, 0.5) is 18.9 Å². The van der Waals surface area contributed by atoms with Crippen LogP contribution in [0.5, 0.6) is 11.5 Å². The molecular weight excluding hydrogens is 458 g/mol. The second kappa shape index (κ2) is 8.41. The van der Waals surface area contributed by atoms with E-state index >= 15 is 0 Å². The number of carbonyl (C=O) groups excluding carboxylic acids is 1. The molecule has 0 saturated carbocycles. The Kier molecular flexibility index (Phi) is 6.06. The number of hydrogen-bond donors (Lipinski definition) is 1. The van der Waals surface area contributed by atoms with Gasteiger partial charge in [-0.1, -0.05) is 23.2 Å². The maximum atomic E-state index is 12.9. The van der Waals surface area contributed by atoms with Crippen molar-refractivity contribution in [3.8, 4) is 23.3 Å². The summed E-state index contributed by atoms with van der Waals surface area (Å²) in [7, 11) is 1.18. The first-order valence-electron chi connectivity index (χ1n) is 8.40. The van der Waals surface area contributed by atoms with Crippen molar-refractivity contribution in [1.82, 2.24) is 4.57 Å². The van der Waals surface area contributed by atoms with Gasteiger partial charge in [0.2, 0.25) is 0 Å². The van der Waals surface area contributed by atoms with Crippen LogP contribution >= 0.6 is 23.2 Å². The molecule has 0 aliphatic heterocycles. The van der Waals surface area contributed by atoms with E-state index < -0.39 is 17.7 Å². The van der Waals surface area contributed by atoms with Crippen LogP contribution in [0, 0.1) is 11.3 Å². The molecule has 3 aromatic rings. The number of methoxy groups -OCH3 is 1. The lowest BCUT2D eigenvalue weighted by atomic mass is 10.2. The Hall–Kier alpha value is -3.35. The summed E-state index contributed by atoms with van der Waals surface area (Å²) in [5.74, 6) is -0.661. The van der Waals surface area contributed by atoms with Crippen LogP contribution in [0.15, 0.2) is 42.6 Å². The molecule has 0 radical (unpaired) electrons. The topological polar surface area (TPSA) is 90.3 Å². The van der Waals surface area contributed by atoms with E-state index in [1.807, 2.05) is 6.07 Å². The van der Waals surface area contributed by atoms with Gasteiger partial charge in [-0.05, 0) is 36.4 Å². The lowest BCUT2D eigenvalue weighted by Crippen LogP contribution is -2.11. The first kappa shape index (κ1) is 22.3. The Morgan fingerprint density at radius 2 is 1.74 bits per heavy atom. The molecule has 0 fully saturated rings. The van der Waals surface area contributed by atoms with Gasteiger partial charge in [-0.25, -0.2) is 4.79 Å². The van der Waals surface area contributed by atoms with Crippen LogP contribution < -0.4 is 10.5 Å². The van der Waals surface area contributed by atoms with Crippen molar-refractivity contribution in [3.63, 3.8) is 0 Å². The highest BCUT2D eigenvalue weighted by molar-refractivity contribution is 6.37. The third-order valence-electron chi connectivity index (χ3n) is 4.20. The molecule has 0 spiro atoms. The van der Waals surface area contributed by atoms with E-state index in [9.17, 15) is 23.2 Å². The van der Waals surface area contributed by atoms with E-state index in [4.69, 9.17) is 38.4 Å². The maximum Gasteiger partial charge on any atom is 0.416 e. The number of nitrogens with two attached hydrogens (primary N) is 1. The van der Waals surface area contributed by atoms with Crippen molar-refractivity contribution in [2.75, 3.05) is 12.8 Å². The Labute approximate surface area is 184 Å². The van der Waals surface area contributed by atoms with Gasteiger partial charge in [-0.15, -0.1) is 0 Å². The number of carbonyl (C=O) groups is 1. The summed E-state index contributed by atoms with van der Waals surface area (Å²) >= 11 is 11.8. The molecule has 2 aromatic carbocycles. The van der Waals surface area contributed by atoms with Gasteiger partial charge in [0.05, 0.1) is 34.0 Å². The van der Waals surface area contributed by atoms with Gasteiger partial charge in [0, 0.05) is 11.9 Å². The predicted octanol–water partition coefficient (Wildman–Crippen LogP) is 5.84. The Morgan fingerprint density at radius 1 is 1.16 bits per heavy atom. The highest BCUT2D eigenvalue weighted by Gasteiger charge is 2.32. The van der Waals surface area contributed by atoms with Gasteiger partial charge >= 0.3 is 12.1 Å². The Bertz CT molecular complexity index is 1180. The van der Waals surface area contributed by atoms with Gasteiger partial charge in [0.15, 0.2) is 11.4 Å². The average Bonchev–Trinajstić information content (AvgIpc) is 3.06. The van der Waals surface area contributed by atoms with Gasteiger partial charge < -0.3 is 19.8 Å². The van der Waals surface area contributed by atoms with Gasteiger partial charge in [-0.3, -0.25) is 0 Å². The van der Waals surface area contributed by atoms with E-state index in [0.29, 0.717) is 17.8 Å². The summed E-state index contributed by atoms with van der Waals surface area (Å²) in [6.45, 7) is 0. The standard InChI is InChI=1S/C20H12Cl2F3N3O3/c1-30-19(29)17-16(27)10(8-26)9-28(17)12-2-4-13(5-3-12)31-18-14(21)6-11(7-15(18)22)20(23,24)25/h2-7,9H,27H2,1H3. The summed E-state index contributed by atoms with van der Waals surface area (Å²) in [6.07, 6.45) is -3.23. The number of anilines is 1. The van der Waals surface area contributed by atoms with Crippen molar-refractivity contribution < 1.29 is 27.4 Å². The highest BCUT2D eigenvalue weighted by atomic mass is 35.5. The first-order valence-corrected chi connectivity index (χ1v) is 9.16. The third kappa shape index (κ3) is 4.40. The molecule has 0 bridgehead atoms. The zero-order valence-corrected chi connectivity index (χ0v) is 17.1. The maximum absolute atomic E-state index is 12.9. The molecule has 0 amide bonds. The van der Waals surface area contributed by atoms with Crippen LogP contribution in [0.25, 0.3) is 5.69 Å². The molecular formula is C20H12Cl2F3N3O3. The summed E-state index contributed by atoms with van der Waals surface area (Å²) in [4.78, 5) is 12.1. The van der Waals surface area contributed by atoms with Crippen LogP contribution in [-0.4, -0.2) is 17.6 Å². The SMILES string of the molecule is COC(=O)c1c(N)c(C#N)cn1-c1ccc(Oc2c(Cl)cc(C(F)(F)F)cc2Cl)cc1. The molecule has 0 aliphatic rings. The van der Waals surface area contributed by atoms with Crippen LogP contribution in [0.2, 0.25) is 10.0 Å². The molecule has 2 N–H and O–H groups in total. The number of benzene rings is 2. The fraction of sp³-hybridized carbons (Fsp3) is 0.100. The fourth-order valence-corrected chi connectivity index (χ4v) is 3.30. The monoisotopic (exact) mass is 469 g/mol. The highest BCUT2D eigenvalue weighted by Crippen LogP contribution is 2.41. The quantitative estimate of drug-likeness (QED) is 0.485. The number of halogens is 5. The smallest absolute Gasteiger partial charge is 0.416 e. The van der Waals surface area contributed by atoms with Crippen molar-refractivity contribution >= 4 is 34.9 Å². The molecule has 0 unspecified atom stereocenters. The van der Waals surface area contributed by atoms with Gasteiger partial charge in [0.1, 0.15) is 11.8 Å². The summed E-state index contributed by atoms with van der Waals surface area (Å²) < 4.78 is 50.2. The molecule has 11 heteroatoms. The van der Waals surface area contributed by atoms with Crippen LogP contribution in [0.3, 0.4) is 0 Å². The van der Waals surface area contributed by atoms with E-state index in [-0.39, 0.29) is 38.5 Å². The van der Waals surface area contributed by atoms with Crippen molar-refractivity contribution in [3.05, 3.63) is 69.5 Å². The number of nitrogens with zero attached hydrogens (tertiary/aromatic N) is 2. The predicted molar refractivity (Wildman–Crippen MR) is 108 cm³/mol. The number of hydrogen-bond acceptors (Lipinski definition) is 5. The average molecular weight is 470 g/mol. The molecule has 1 aromatic heterocycles. The van der Waals surface area contributed by atoms with Gasteiger partial charge in [0.25, 0.3) is 0 Å². The Morgan fingerprint density at radius 3 is 2.23 bits per heavy atom. The number of ether oxygens (including phenoxy) is 2. The van der Waals surface area contributed by atoms with E-state index in [0.717, 1.165) is 0 Å². The molecule has 3 rings (SSSR count). The largest absolute Gasteiger partial charge is 0.464 e. The first-order chi connectivity index (χ1) is 14.6. The number of aromatic nitrogens is 1. The molecule has 31 heavy (non-hydrogen) atoms. The van der Waals surface area contributed by atoms with Crippen molar-refractivity contribution in [2.24, 2.45) is 0 Å². The molecule has 6 nitrogen and oxygen atoms in total. The lowest BCUT2D eigenvalue weighted by molar-refractivity contribution is -0.137. The zero-order valence-electron chi connectivity index (χ0n) is 15.6. The van der Waals surface area contributed by atoms with E-state index in [2.05, 4.69) is 0 Å². The summed E-state index contributed by atoms with van der Waals surface area (Å²) in [5.41, 5.74) is 5.34. The molecule has 0 aliphatic carbocycles. The van der Waals surface area contributed by atoms with Crippen molar-refractivity contribution in [1.29, 1.82) is 5.26 Å². The van der Waals surface area contributed by atoms with E-state index in [1.165, 1.54) is 42.1 Å². The van der Waals surface area contributed by atoms with Crippen molar-refractivity contribution in [2.45, 2.75) is 6.18 Å². The fourth-order valence-electron chi connectivity index (χ4n) is 2.73. The minimum Gasteiger partial charge on any atom is -0.464 e. The Balaban J connectivity index is 1.94. The third-order valence-corrected chi connectivity index (χ3v) is 4.77. The molecule has 0 saturated heterocycles. The molecule has 160 valence electrons. The summed E-state index contributed by atoms with van der Waals surface area (Å²) in [6, 6.07) is 9.34. The number of nitrogen functional groups attached to an aromatic ring is 1. The molecule has 0 atom stereocenters. The number of esters is 1. The van der Waals surface area contributed by atoms with Crippen LogP contribution in [0.1, 0.15) is 21.6 Å². The minimum atomic E-state index is -4.61. The van der Waals surface area contributed by atoms with Crippen LogP contribution in [-0.2, 0) is 10.9 Å². The number of rotatable bonds is 4. The molecule has 1 heterocycles.